The number of ether oxygens (including phenoxy) is 1. The maximum Gasteiger partial charge on any atom is 0.530 e. The Bertz CT molecular complexity index is 1790. The number of phosphoric ester groups is 2. The van der Waals surface area contributed by atoms with E-state index < -0.39 is 15.6 Å². The van der Waals surface area contributed by atoms with E-state index in [0.717, 1.165) is 29.9 Å². The summed E-state index contributed by atoms with van der Waals surface area (Å²) in [6, 6.07) is 19.2. The molecule has 15 heteroatoms. The predicted molar refractivity (Wildman–Crippen MR) is 203 cm³/mol. The van der Waals surface area contributed by atoms with Gasteiger partial charge in [-0.3, -0.25) is 27.8 Å². The standard InChI is InChI=1S/C36H45NO10P2S.ClH/c1-5-42-48(39,43-6-2)46-30-18-14-28(15-19-30)36-34(32-21-20-31(26-33(32)50-36)47-49(40,44-7-3)45-8-4)35(38)27-12-16-29(17-13-27)41-25-24-37-22-10-9-11-23-37;/h12-21,26H,5-11,22-25H2,1-4H3;1H. The molecule has 1 aliphatic heterocycles. The number of piperidine rings is 1. The molecule has 0 bridgehead atoms. The van der Waals surface area contributed by atoms with Crippen LogP contribution in [0.4, 0.5) is 0 Å². The van der Waals surface area contributed by atoms with Crippen LogP contribution >= 0.6 is 39.4 Å². The molecule has 0 amide bonds. The smallest absolute Gasteiger partial charge is 0.492 e. The maximum atomic E-state index is 14.3. The maximum absolute atomic E-state index is 14.3. The van der Waals surface area contributed by atoms with Crippen molar-refractivity contribution >= 4 is 55.3 Å². The molecule has 5 rings (SSSR count). The number of carbonyl (C=O) groups excluding carboxylic acids is 1. The molecule has 1 aliphatic rings. The van der Waals surface area contributed by atoms with Crippen molar-refractivity contribution in [3.63, 3.8) is 0 Å². The van der Waals surface area contributed by atoms with Gasteiger partial charge in [-0.05, 0) is 126 Å². The molecule has 0 unspecified atom stereocenters. The fraction of sp³-hybridized carbons (Fsp3) is 0.417. The molecule has 278 valence electrons. The van der Waals surface area contributed by atoms with Crippen LogP contribution in [0.2, 0.25) is 0 Å². The minimum atomic E-state index is -3.84. The van der Waals surface area contributed by atoms with Crippen molar-refractivity contribution < 1.29 is 45.8 Å². The van der Waals surface area contributed by atoms with E-state index >= 15 is 0 Å². The van der Waals surface area contributed by atoms with Gasteiger partial charge in [0.1, 0.15) is 23.9 Å². The van der Waals surface area contributed by atoms with Gasteiger partial charge in [-0.15, -0.1) is 23.7 Å². The van der Waals surface area contributed by atoms with E-state index in [0.29, 0.717) is 39.5 Å². The van der Waals surface area contributed by atoms with E-state index in [1.807, 2.05) is 12.1 Å². The Morgan fingerprint density at radius 1 is 0.706 bits per heavy atom. The summed E-state index contributed by atoms with van der Waals surface area (Å²) >= 11 is 1.38. The van der Waals surface area contributed by atoms with Gasteiger partial charge in [0.2, 0.25) is 0 Å². The van der Waals surface area contributed by atoms with Crippen LogP contribution in [0.25, 0.3) is 20.5 Å². The van der Waals surface area contributed by atoms with Crippen molar-refractivity contribution in [2.45, 2.75) is 47.0 Å². The number of likely N-dealkylation sites (tertiary alicyclic amines) is 1. The first-order valence-corrected chi connectivity index (χ1v) is 20.8. The van der Waals surface area contributed by atoms with Crippen molar-refractivity contribution in [1.29, 1.82) is 0 Å². The van der Waals surface area contributed by atoms with Crippen molar-refractivity contribution in [3.8, 4) is 27.7 Å². The minimum absolute atomic E-state index is 0. The largest absolute Gasteiger partial charge is 0.530 e. The summed E-state index contributed by atoms with van der Waals surface area (Å²) in [5.74, 6) is 1.11. The second kappa shape index (κ2) is 19.4. The van der Waals surface area contributed by atoms with Gasteiger partial charge in [-0.25, -0.2) is 9.13 Å². The molecular weight excluding hydrogens is 736 g/mol. The average molecular weight is 782 g/mol. The molecule has 0 aliphatic carbocycles. The molecule has 0 N–H and O–H groups in total. The van der Waals surface area contributed by atoms with Crippen LogP contribution < -0.4 is 13.8 Å². The lowest BCUT2D eigenvalue weighted by Crippen LogP contribution is -2.33. The molecule has 2 heterocycles. The minimum Gasteiger partial charge on any atom is -0.492 e. The molecule has 1 saturated heterocycles. The van der Waals surface area contributed by atoms with Gasteiger partial charge in [0.25, 0.3) is 0 Å². The number of hydrogen-bond donors (Lipinski definition) is 0. The fourth-order valence-corrected chi connectivity index (χ4v) is 9.23. The zero-order valence-electron chi connectivity index (χ0n) is 29.4. The van der Waals surface area contributed by atoms with Gasteiger partial charge in [-0.1, -0.05) is 6.42 Å². The third kappa shape index (κ3) is 10.9. The summed E-state index contributed by atoms with van der Waals surface area (Å²) in [5.41, 5.74) is 1.73. The van der Waals surface area contributed by atoms with Gasteiger partial charge >= 0.3 is 15.6 Å². The Kier molecular flexibility index (Phi) is 15.6. The Balaban J connectivity index is 0.00000583. The summed E-state index contributed by atoms with van der Waals surface area (Å²) in [6.07, 6.45) is 3.75. The molecule has 0 radical (unpaired) electrons. The third-order valence-corrected chi connectivity index (χ3v) is 12.2. The molecule has 0 atom stereocenters. The molecule has 51 heavy (non-hydrogen) atoms. The highest BCUT2D eigenvalue weighted by Crippen LogP contribution is 2.51. The molecule has 1 fully saturated rings. The van der Waals surface area contributed by atoms with E-state index in [1.165, 1.54) is 30.6 Å². The molecule has 4 aromatic rings. The lowest BCUT2D eigenvalue weighted by molar-refractivity contribution is 0.104. The number of carbonyl (C=O) groups is 1. The quantitative estimate of drug-likeness (QED) is 0.0668. The summed E-state index contributed by atoms with van der Waals surface area (Å²) in [5, 5.41) is 0.698. The molecule has 11 nitrogen and oxygen atoms in total. The summed E-state index contributed by atoms with van der Waals surface area (Å²) in [4.78, 5) is 17.4. The van der Waals surface area contributed by atoms with Crippen LogP contribution in [0.3, 0.4) is 0 Å². The molecule has 0 saturated carbocycles. The Labute approximate surface area is 310 Å². The van der Waals surface area contributed by atoms with Crippen LogP contribution in [0.1, 0.15) is 62.9 Å². The lowest BCUT2D eigenvalue weighted by atomic mass is 9.97. The van der Waals surface area contributed by atoms with E-state index in [4.69, 9.17) is 31.9 Å². The number of benzene rings is 3. The Hall–Kier alpha value is -2.76. The second-order valence-corrected chi connectivity index (χ2v) is 15.6. The van der Waals surface area contributed by atoms with Gasteiger partial charge in [0.05, 0.1) is 26.4 Å². The Morgan fingerprint density at radius 3 is 1.80 bits per heavy atom. The van der Waals surface area contributed by atoms with Crippen molar-refractivity contribution in [2.24, 2.45) is 0 Å². The van der Waals surface area contributed by atoms with Gasteiger partial charge in [0.15, 0.2) is 5.78 Å². The van der Waals surface area contributed by atoms with Crippen LogP contribution in [-0.4, -0.2) is 63.4 Å². The number of fused-ring (bicyclic) bond motifs is 1. The molecule has 0 spiro atoms. The van der Waals surface area contributed by atoms with Crippen molar-refractivity contribution in [1.82, 2.24) is 4.90 Å². The van der Waals surface area contributed by atoms with Crippen molar-refractivity contribution in [2.75, 3.05) is 52.7 Å². The van der Waals surface area contributed by atoms with E-state index in [9.17, 15) is 13.9 Å². The first-order chi connectivity index (χ1) is 24.2. The number of hydrogen-bond acceptors (Lipinski definition) is 12. The van der Waals surface area contributed by atoms with Gasteiger partial charge in [-0.2, -0.15) is 0 Å². The number of halogens is 1. The van der Waals surface area contributed by atoms with Gasteiger partial charge < -0.3 is 13.8 Å². The molecule has 1 aromatic heterocycles. The zero-order valence-corrected chi connectivity index (χ0v) is 32.8. The highest BCUT2D eigenvalue weighted by atomic mass is 35.5. The topological polar surface area (TPSA) is 119 Å². The Morgan fingerprint density at radius 2 is 1.24 bits per heavy atom. The number of thiophene rings is 1. The highest BCUT2D eigenvalue weighted by molar-refractivity contribution is 7.49. The van der Waals surface area contributed by atoms with Gasteiger partial charge in [0, 0.05) is 32.6 Å². The first kappa shape index (κ1) is 41.0. The van der Waals surface area contributed by atoms with Crippen LogP contribution in [-0.2, 0) is 27.2 Å². The molecular formula is C36H46ClNO10P2S. The fourth-order valence-electron chi connectivity index (χ4n) is 5.62. The highest BCUT2D eigenvalue weighted by Gasteiger charge is 2.30. The van der Waals surface area contributed by atoms with E-state index in [-0.39, 0.29) is 50.4 Å². The van der Waals surface area contributed by atoms with Crippen molar-refractivity contribution in [3.05, 3.63) is 77.9 Å². The SMILES string of the molecule is CCOP(=O)(OCC)Oc1ccc(-c2sc3cc(OP(=O)(OCC)OCC)ccc3c2C(=O)c2ccc(OCCN3CCCCC3)cc2)cc1.Cl. The average Bonchev–Trinajstić information content (AvgIpc) is 3.48. The number of rotatable bonds is 19. The second-order valence-electron chi connectivity index (χ2n) is 11.3. The summed E-state index contributed by atoms with van der Waals surface area (Å²) < 4.78 is 65.3. The van der Waals surface area contributed by atoms with Crippen LogP contribution in [0, 0.1) is 0 Å². The third-order valence-electron chi connectivity index (χ3n) is 7.83. The van der Waals surface area contributed by atoms with E-state index in [2.05, 4.69) is 4.90 Å². The molecule has 3 aromatic carbocycles. The number of phosphoric acid groups is 2. The van der Waals surface area contributed by atoms with Crippen LogP contribution in [0.15, 0.2) is 66.7 Å². The predicted octanol–water partition coefficient (Wildman–Crippen LogP) is 10.2. The van der Waals surface area contributed by atoms with E-state index in [1.54, 1.807) is 82.3 Å². The first-order valence-electron chi connectivity index (χ1n) is 17.0. The van der Waals surface area contributed by atoms with Crippen LogP contribution in [0.5, 0.6) is 17.2 Å². The summed E-state index contributed by atoms with van der Waals surface area (Å²) in [7, 11) is -7.63. The number of ketones is 1. The normalized spacial score (nSPS) is 13.9. The number of nitrogens with zero attached hydrogens (tertiary/aromatic N) is 1. The monoisotopic (exact) mass is 781 g/mol. The zero-order chi connectivity index (χ0) is 35.6. The lowest BCUT2D eigenvalue weighted by Gasteiger charge is -2.26. The summed E-state index contributed by atoms with van der Waals surface area (Å²) in [6.45, 7) is 11.1.